The summed E-state index contributed by atoms with van der Waals surface area (Å²) in [6.45, 7) is 19.0. The van der Waals surface area contributed by atoms with Gasteiger partial charge in [0.25, 0.3) is 0 Å². The van der Waals surface area contributed by atoms with Crippen molar-refractivity contribution in [3.63, 3.8) is 0 Å². The molecule has 2 heterocycles. The van der Waals surface area contributed by atoms with E-state index in [2.05, 4.69) is 52.0 Å². The molecule has 0 aliphatic rings. The average Bonchev–Trinajstić information content (AvgIpc) is 3.06. The van der Waals surface area contributed by atoms with Crippen LogP contribution in [0.15, 0.2) is 0 Å². The third kappa shape index (κ3) is 7.52. The molecule has 0 saturated heterocycles. The van der Waals surface area contributed by atoms with Gasteiger partial charge in [0, 0.05) is 0 Å². The van der Waals surface area contributed by atoms with E-state index in [-0.39, 0.29) is 5.82 Å². The summed E-state index contributed by atoms with van der Waals surface area (Å²) in [6, 6.07) is 1.35. The Kier molecular flexibility index (Phi) is 11.4. The molecule has 3 nitrogen and oxygen atoms in total. The Bertz CT molecular complexity index is 866. The first-order chi connectivity index (χ1) is 15.6. The number of aromatic nitrogens is 3. The van der Waals surface area contributed by atoms with Crippen LogP contribution in [0.2, 0.25) is 39.0 Å². The van der Waals surface area contributed by atoms with Gasteiger partial charge >= 0.3 is 209 Å². The van der Waals surface area contributed by atoms with Crippen LogP contribution < -0.4 is 3.58 Å². The van der Waals surface area contributed by atoms with E-state index in [9.17, 15) is 0 Å². The molecule has 0 aliphatic carbocycles. The summed E-state index contributed by atoms with van der Waals surface area (Å²) in [5.41, 5.74) is 2.55. The van der Waals surface area contributed by atoms with E-state index in [0.29, 0.717) is 5.69 Å². The second kappa shape index (κ2) is 13.0. The summed E-state index contributed by atoms with van der Waals surface area (Å²) in [7, 11) is -1.02. The van der Waals surface area contributed by atoms with Crippen molar-refractivity contribution in [2.24, 2.45) is 0 Å². The fraction of sp³-hybridized carbons (Fsp3) is 0.778. The molecular formula is C27H50FN3SiSn. The van der Waals surface area contributed by atoms with Crippen molar-refractivity contribution in [1.82, 2.24) is 14.8 Å². The van der Waals surface area contributed by atoms with Gasteiger partial charge in [0.1, 0.15) is 0 Å². The van der Waals surface area contributed by atoms with Gasteiger partial charge in [0.15, 0.2) is 0 Å². The Morgan fingerprint density at radius 3 is 1.85 bits per heavy atom. The summed E-state index contributed by atoms with van der Waals surface area (Å²) in [4.78, 5) is 4.81. The monoisotopic (exact) mass is 583 g/mol. The van der Waals surface area contributed by atoms with Gasteiger partial charge in [-0.25, -0.2) is 0 Å². The van der Waals surface area contributed by atoms with E-state index in [1.54, 1.807) is 0 Å². The van der Waals surface area contributed by atoms with Crippen LogP contribution in [-0.2, 0) is 6.54 Å². The van der Waals surface area contributed by atoms with Gasteiger partial charge < -0.3 is 0 Å². The van der Waals surface area contributed by atoms with Crippen molar-refractivity contribution < 1.29 is 4.39 Å². The van der Waals surface area contributed by atoms with Gasteiger partial charge in [-0.15, -0.1) is 0 Å². The molecule has 0 aliphatic heterocycles. The molecule has 0 amide bonds. The zero-order chi connectivity index (χ0) is 24.6. The number of rotatable bonds is 15. The van der Waals surface area contributed by atoms with Gasteiger partial charge in [0.2, 0.25) is 0 Å². The second-order valence-electron chi connectivity index (χ2n) is 11.5. The van der Waals surface area contributed by atoms with Crippen LogP contribution in [0.3, 0.4) is 0 Å². The van der Waals surface area contributed by atoms with Crippen LogP contribution in [0.1, 0.15) is 83.5 Å². The van der Waals surface area contributed by atoms with E-state index in [0.717, 1.165) is 33.3 Å². The number of nitrogens with zero attached hydrogens (tertiary/aromatic N) is 3. The number of hydrogen-bond donors (Lipinski definition) is 0. The average molecular weight is 583 g/mol. The number of aryl methyl sites for hydroxylation is 3. The minimum atomic E-state index is -2.99. The van der Waals surface area contributed by atoms with E-state index in [1.165, 1.54) is 64.3 Å². The first-order valence-corrected chi connectivity index (χ1v) is 24.8. The molecule has 0 N–H and O–H groups in total. The van der Waals surface area contributed by atoms with Crippen molar-refractivity contribution >= 4 is 41.1 Å². The molecule has 6 heteroatoms. The third-order valence-corrected chi connectivity index (χ3v) is 24.7. The quantitative estimate of drug-likeness (QED) is 0.156. The fourth-order valence-electron chi connectivity index (χ4n) is 5.34. The Balaban J connectivity index is 2.59. The zero-order valence-electron chi connectivity index (χ0n) is 22.9. The van der Waals surface area contributed by atoms with E-state index in [4.69, 9.17) is 10.1 Å². The molecule has 2 aromatic heterocycles. The summed E-state index contributed by atoms with van der Waals surface area (Å²) in [5.74, 6) is 0.0167. The second-order valence-corrected chi connectivity index (χ2v) is 30.1. The van der Waals surface area contributed by atoms with Crippen molar-refractivity contribution in [2.75, 3.05) is 0 Å². The molecule has 0 radical (unpaired) electrons. The van der Waals surface area contributed by atoms with E-state index >= 15 is 4.39 Å². The molecule has 0 bridgehead atoms. The molecule has 0 saturated carbocycles. The van der Waals surface area contributed by atoms with Crippen molar-refractivity contribution in [3.8, 4) is 0 Å². The molecule has 0 spiro atoms. The van der Waals surface area contributed by atoms with Crippen LogP contribution in [0.5, 0.6) is 0 Å². The van der Waals surface area contributed by atoms with Gasteiger partial charge in [-0.3, -0.25) is 0 Å². The first-order valence-electron chi connectivity index (χ1n) is 13.6. The molecule has 188 valence electrons. The Morgan fingerprint density at radius 1 is 0.818 bits per heavy atom. The molecule has 2 aromatic rings. The van der Waals surface area contributed by atoms with Crippen LogP contribution in [0, 0.1) is 19.7 Å². The molecule has 0 unspecified atom stereocenters. The maximum atomic E-state index is 16.1. The first kappa shape index (κ1) is 28.8. The summed E-state index contributed by atoms with van der Waals surface area (Å²) < 4.78 is 23.1. The molecule has 2 rings (SSSR count). The van der Waals surface area contributed by atoms with Crippen LogP contribution in [0.4, 0.5) is 4.39 Å². The molecule has 0 fully saturated rings. The minimum absolute atomic E-state index is 0.0167. The number of unbranched alkanes of at least 4 members (excludes halogenated alkanes) is 4. The Morgan fingerprint density at radius 2 is 1.36 bits per heavy atom. The standard InChI is InChI=1S/C15H23FN3Si.3C4H9.Sn/c1-11-13-10-14(16)12(2)17-15(13)19(18-11)8-6-7-9-20(3,4)5;3*1-3-4-2;/h6-9H2,1-5H3;3*1,3-4H2,2H3;. The van der Waals surface area contributed by atoms with Gasteiger partial charge in [-0.2, -0.15) is 0 Å². The fourth-order valence-corrected chi connectivity index (χ4v) is 23.9. The maximum absolute atomic E-state index is 16.1. The molecular weight excluding hydrogens is 532 g/mol. The summed E-state index contributed by atoms with van der Waals surface area (Å²) in [6.07, 6.45) is 9.66. The van der Waals surface area contributed by atoms with Crippen molar-refractivity contribution in [3.05, 3.63) is 17.2 Å². The van der Waals surface area contributed by atoms with Crippen LogP contribution >= 0.6 is 0 Å². The van der Waals surface area contributed by atoms with Gasteiger partial charge in [-0.05, 0) is 0 Å². The molecule has 0 aromatic carbocycles. The SMILES string of the molecule is CCC[CH2][Sn]([CH2]CCC)([CH2]CCC)[c]1c(F)c(C)nc2c1c(C)nn2CCCC[Si](C)(C)C. The van der Waals surface area contributed by atoms with Crippen LogP contribution in [-0.4, -0.2) is 41.2 Å². The molecule has 33 heavy (non-hydrogen) atoms. The topological polar surface area (TPSA) is 30.7 Å². The Hall–Kier alpha value is -0.434. The van der Waals surface area contributed by atoms with Crippen molar-refractivity contribution in [2.45, 2.75) is 132 Å². The number of hydrogen-bond acceptors (Lipinski definition) is 2. The summed E-state index contributed by atoms with van der Waals surface area (Å²) >= 11 is -2.99. The Labute approximate surface area is 208 Å². The number of fused-ring (bicyclic) bond motifs is 1. The van der Waals surface area contributed by atoms with Gasteiger partial charge in [0.05, 0.1) is 0 Å². The van der Waals surface area contributed by atoms with E-state index in [1.807, 2.05) is 6.92 Å². The summed E-state index contributed by atoms with van der Waals surface area (Å²) in [5, 5.41) is 6.05. The molecule has 0 atom stereocenters. The number of pyridine rings is 1. The zero-order valence-corrected chi connectivity index (χ0v) is 26.8. The van der Waals surface area contributed by atoms with Crippen LogP contribution in [0.25, 0.3) is 11.0 Å². The van der Waals surface area contributed by atoms with Gasteiger partial charge in [-0.1, -0.05) is 0 Å². The van der Waals surface area contributed by atoms with Crippen molar-refractivity contribution in [1.29, 1.82) is 0 Å². The third-order valence-electron chi connectivity index (χ3n) is 7.27. The number of halogens is 1. The van der Waals surface area contributed by atoms with E-state index < -0.39 is 26.5 Å². The predicted molar refractivity (Wildman–Crippen MR) is 149 cm³/mol. The predicted octanol–water partition coefficient (Wildman–Crippen LogP) is 8.36. The normalized spacial score (nSPS) is 12.8.